The number of carbonyl (C=O) groups is 3. The highest BCUT2D eigenvalue weighted by Crippen LogP contribution is 2.25. The zero-order valence-electron chi connectivity index (χ0n) is 23.6. The molecule has 0 saturated carbocycles. The lowest BCUT2D eigenvalue weighted by Gasteiger charge is -2.30. The second kappa shape index (κ2) is 26.4. The second-order valence-corrected chi connectivity index (χ2v) is 10.9. The number of nitrogens with one attached hydrogen (secondary N) is 1. The van der Waals surface area contributed by atoms with Gasteiger partial charge < -0.3 is 14.8 Å². The zero-order valence-corrected chi connectivity index (χ0v) is 24.4. The maximum atomic E-state index is 12.2. The van der Waals surface area contributed by atoms with Gasteiger partial charge >= 0.3 is 0 Å². The highest BCUT2D eigenvalue weighted by atomic mass is 32.2. The minimum atomic E-state index is -4.08. The number of Topliss-reactive ketones (excluding diaryl/α,β-unsaturated/α-hetero) is 2. The van der Waals surface area contributed by atoms with Gasteiger partial charge in [0.05, 0.1) is 5.75 Å². The molecule has 0 aliphatic heterocycles. The first-order valence-electron chi connectivity index (χ1n) is 12.8. The van der Waals surface area contributed by atoms with Crippen LogP contribution in [0.1, 0.15) is 80.4 Å². The monoisotopic (exact) mass is 647 g/mol. The molecule has 2 aromatic rings. The van der Waals surface area contributed by atoms with Gasteiger partial charge in [0.2, 0.25) is 5.91 Å². The van der Waals surface area contributed by atoms with Gasteiger partial charge in [-0.05, 0) is 44.2 Å². The molecule has 2 rings (SSSR count). The van der Waals surface area contributed by atoms with E-state index in [4.69, 9.17) is 14.0 Å². The van der Waals surface area contributed by atoms with Crippen molar-refractivity contribution in [3.8, 4) is 0 Å². The highest BCUT2D eigenvalue weighted by molar-refractivity contribution is 7.85. The maximum absolute atomic E-state index is 12.2. The van der Waals surface area contributed by atoms with Gasteiger partial charge in [-0.25, -0.2) is 0 Å². The lowest BCUT2D eigenvalue weighted by atomic mass is 9.85. The molecule has 256 valence electrons. The third-order valence-electron chi connectivity index (χ3n) is 6.28. The molecule has 0 aliphatic rings. The molecular weight excluding hydrogens is 589 g/mol. The molecule has 0 radical (unpaired) electrons. The van der Waals surface area contributed by atoms with E-state index >= 15 is 0 Å². The number of carbonyl (C=O) groups excluding carboxylic acids is 3. The van der Waals surface area contributed by atoms with Crippen molar-refractivity contribution in [2.24, 2.45) is 0 Å². The van der Waals surface area contributed by atoms with Crippen molar-refractivity contribution in [1.29, 1.82) is 0 Å². The number of ether oxygens (including phenoxy) is 2. The molecule has 1 amide bonds. The lowest BCUT2D eigenvalue weighted by Crippen LogP contribution is -2.41. The van der Waals surface area contributed by atoms with Gasteiger partial charge in [0.25, 0.3) is 10.1 Å². The van der Waals surface area contributed by atoms with Crippen LogP contribution in [0.5, 0.6) is 0 Å². The molecule has 0 aliphatic carbocycles. The fraction of sp³-hybridized carbons (Fsp3) is 0.545. The van der Waals surface area contributed by atoms with Gasteiger partial charge in [0.15, 0.2) is 11.6 Å². The van der Waals surface area contributed by atoms with E-state index in [0.717, 1.165) is 11.1 Å². The van der Waals surface area contributed by atoms with Crippen LogP contribution in [0.15, 0.2) is 60.7 Å². The first-order valence-corrected chi connectivity index (χ1v) is 14.4. The summed E-state index contributed by atoms with van der Waals surface area (Å²) in [5, 5.41) is 2.44. The number of ketones is 2. The van der Waals surface area contributed by atoms with Gasteiger partial charge in [0, 0.05) is 40.0 Å². The summed E-state index contributed by atoms with van der Waals surface area (Å²) in [4.78, 5) is 34.9. The molecule has 2 aromatic carbocycles. The molecule has 0 aromatic heterocycles. The fourth-order valence-corrected chi connectivity index (χ4v) is 4.32. The Bertz CT molecular complexity index is 1130. The van der Waals surface area contributed by atoms with Gasteiger partial charge in [-0.2, -0.15) is 8.42 Å². The minimum absolute atomic E-state index is 0. The Morgan fingerprint density at radius 2 is 1.36 bits per heavy atom. The van der Waals surface area contributed by atoms with Gasteiger partial charge in [0.1, 0.15) is 11.7 Å². The molecule has 0 saturated heterocycles. The molecule has 0 fully saturated rings. The summed E-state index contributed by atoms with van der Waals surface area (Å²) >= 11 is 0. The summed E-state index contributed by atoms with van der Waals surface area (Å²) < 4.78 is 40.4. The molecule has 44 heavy (non-hydrogen) atoms. The van der Waals surface area contributed by atoms with Crippen LogP contribution in [0.25, 0.3) is 0 Å². The molecular formula is C33H58FNO8S. The SMILES string of the molecule is C.C.C.C.COC(CCCCC(=O)NCCS(=O)(=O)O)(Cc1ccccc1)C(C)=O.COC(Cc1ccccc1)C(C)=O.F. The van der Waals surface area contributed by atoms with Crippen molar-refractivity contribution in [1.82, 2.24) is 5.32 Å². The number of halogens is 1. The predicted octanol–water partition coefficient (Wildman–Crippen LogP) is 6.30. The van der Waals surface area contributed by atoms with E-state index in [1.807, 2.05) is 60.7 Å². The number of rotatable bonds is 16. The summed E-state index contributed by atoms with van der Waals surface area (Å²) in [5.41, 5.74) is 1.22. The van der Waals surface area contributed by atoms with Crippen LogP contribution in [0, 0.1) is 0 Å². The molecule has 0 spiro atoms. The fourth-order valence-electron chi connectivity index (χ4n) is 3.96. The van der Waals surface area contributed by atoms with E-state index in [2.05, 4.69) is 5.32 Å². The zero-order chi connectivity index (χ0) is 29.3. The van der Waals surface area contributed by atoms with E-state index in [-0.39, 0.29) is 71.0 Å². The van der Waals surface area contributed by atoms with E-state index in [9.17, 15) is 22.8 Å². The summed E-state index contributed by atoms with van der Waals surface area (Å²) in [6.45, 7) is 2.94. The third-order valence-corrected chi connectivity index (χ3v) is 7.00. The number of hydrogen-bond acceptors (Lipinski definition) is 7. The van der Waals surface area contributed by atoms with Crippen LogP contribution in [0.2, 0.25) is 0 Å². The van der Waals surface area contributed by atoms with E-state index in [1.54, 1.807) is 14.0 Å². The highest BCUT2D eigenvalue weighted by Gasteiger charge is 2.35. The Morgan fingerprint density at radius 3 is 1.77 bits per heavy atom. The van der Waals surface area contributed by atoms with Crippen LogP contribution < -0.4 is 5.32 Å². The summed E-state index contributed by atoms with van der Waals surface area (Å²) in [6, 6.07) is 19.5. The van der Waals surface area contributed by atoms with E-state index < -0.39 is 21.5 Å². The van der Waals surface area contributed by atoms with Crippen molar-refractivity contribution in [2.45, 2.75) is 93.8 Å². The van der Waals surface area contributed by atoms with Crippen LogP contribution in [0.4, 0.5) is 4.70 Å². The van der Waals surface area contributed by atoms with Gasteiger partial charge in [-0.3, -0.25) is 23.6 Å². The average Bonchev–Trinajstić information content (AvgIpc) is 2.89. The second-order valence-electron chi connectivity index (χ2n) is 9.28. The number of unbranched alkanes of at least 4 members (excludes halogenated alkanes) is 1. The maximum Gasteiger partial charge on any atom is 0.266 e. The smallest absolute Gasteiger partial charge is 0.266 e. The Balaban J connectivity index is -0.000000242. The molecule has 2 atom stereocenters. The normalized spacial score (nSPS) is 11.8. The summed E-state index contributed by atoms with van der Waals surface area (Å²) in [7, 11) is -0.991. The largest absolute Gasteiger partial charge is 0.373 e. The topological polar surface area (TPSA) is 136 Å². The van der Waals surface area contributed by atoms with Gasteiger partial charge in [-0.15, -0.1) is 0 Å². The van der Waals surface area contributed by atoms with Crippen LogP contribution in [-0.2, 0) is 46.8 Å². The number of benzene rings is 2. The number of hydrogen-bond donors (Lipinski definition) is 2. The Labute approximate surface area is 266 Å². The molecule has 9 nitrogen and oxygen atoms in total. The first kappa shape index (κ1) is 50.6. The Hall–Kier alpha value is -2.99. The predicted molar refractivity (Wildman–Crippen MR) is 180 cm³/mol. The van der Waals surface area contributed by atoms with Crippen molar-refractivity contribution in [3.05, 3.63) is 71.8 Å². The van der Waals surface area contributed by atoms with Crippen molar-refractivity contribution < 1.29 is 41.5 Å². The average molecular weight is 648 g/mol. The van der Waals surface area contributed by atoms with Gasteiger partial charge in [-0.1, -0.05) is 90.4 Å². The van der Waals surface area contributed by atoms with Crippen LogP contribution in [-0.4, -0.2) is 68.7 Å². The van der Waals surface area contributed by atoms with Crippen LogP contribution >= 0.6 is 0 Å². The molecule has 11 heteroatoms. The standard InChI is InChI=1S/C18H27NO6S.C11H14O2.4CH4.FH/c1-15(20)18(25-2,14-16-8-4-3-5-9-16)11-7-6-10-17(21)19-12-13-26(22,23)24;1-9(12)11(13-2)8-10-6-4-3-5-7-10;;;;;/h3-5,8-9H,6-7,10-14H2,1-2H3,(H,19,21)(H,22,23,24);3-7,11H,8H2,1-2H3;4*1H4;1H. The Kier molecular flexibility index (Phi) is 30.4. The first-order chi connectivity index (χ1) is 18.4. The molecule has 0 heterocycles. The van der Waals surface area contributed by atoms with E-state index in [1.165, 1.54) is 14.0 Å². The minimum Gasteiger partial charge on any atom is -0.373 e. The van der Waals surface area contributed by atoms with Crippen LogP contribution in [0.3, 0.4) is 0 Å². The molecule has 2 N–H and O–H groups in total. The Morgan fingerprint density at radius 1 is 0.864 bits per heavy atom. The van der Waals surface area contributed by atoms with Crippen molar-refractivity contribution >= 4 is 27.6 Å². The van der Waals surface area contributed by atoms with Crippen molar-refractivity contribution in [3.63, 3.8) is 0 Å². The number of amides is 1. The molecule has 2 unspecified atom stereocenters. The summed E-state index contributed by atoms with van der Waals surface area (Å²) in [5.74, 6) is -0.775. The number of methoxy groups -OCH3 is 2. The lowest BCUT2D eigenvalue weighted by molar-refractivity contribution is -0.139. The third kappa shape index (κ3) is 20.8. The summed E-state index contributed by atoms with van der Waals surface area (Å²) in [6.07, 6.45) is 2.70. The van der Waals surface area contributed by atoms with E-state index in [0.29, 0.717) is 32.1 Å². The molecule has 0 bridgehead atoms. The quantitative estimate of drug-likeness (QED) is 0.160. The van der Waals surface area contributed by atoms with Crippen molar-refractivity contribution in [2.75, 3.05) is 26.5 Å².